The van der Waals surface area contributed by atoms with E-state index in [0.717, 1.165) is 56.9 Å². The molecule has 5 heteroatoms. The summed E-state index contributed by atoms with van der Waals surface area (Å²) in [6.07, 6.45) is 6.90. The number of rotatable bonds is 3. The normalized spacial score (nSPS) is 25.7. The Morgan fingerprint density at radius 3 is 2.88 bits per heavy atom. The van der Waals surface area contributed by atoms with E-state index in [-0.39, 0.29) is 0 Å². The fourth-order valence-electron chi connectivity index (χ4n) is 4.15. The lowest BCUT2D eigenvalue weighted by molar-refractivity contribution is 0.503. The lowest BCUT2D eigenvalue weighted by atomic mass is 9.93. The number of nitriles is 1. The van der Waals surface area contributed by atoms with Crippen LogP contribution in [0.25, 0.3) is 0 Å². The van der Waals surface area contributed by atoms with Gasteiger partial charge in [0.25, 0.3) is 0 Å². The average molecular weight is 321 g/mol. The van der Waals surface area contributed by atoms with Crippen molar-refractivity contribution in [2.24, 2.45) is 0 Å². The molecule has 1 aromatic heterocycles. The quantitative estimate of drug-likeness (QED) is 0.828. The van der Waals surface area contributed by atoms with E-state index in [1.54, 1.807) is 0 Å². The molecule has 0 spiro atoms. The molecule has 24 heavy (non-hydrogen) atoms. The number of allylic oxidation sites excluding steroid dienone is 1. The van der Waals surface area contributed by atoms with Crippen molar-refractivity contribution in [1.29, 1.82) is 5.26 Å². The molecule has 0 aromatic carbocycles. The van der Waals surface area contributed by atoms with Gasteiger partial charge in [0, 0.05) is 38.1 Å². The van der Waals surface area contributed by atoms with E-state index >= 15 is 0 Å². The highest BCUT2D eigenvalue weighted by Crippen LogP contribution is 2.44. The number of nitrogens with zero attached hydrogens (tertiary/aromatic N) is 3. The van der Waals surface area contributed by atoms with Crippen LogP contribution in [0.1, 0.15) is 47.6 Å². The molecule has 0 amide bonds. The van der Waals surface area contributed by atoms with Gasteiger partial charge in [-0.2, -0.15) is 5.26 Å². The molecular formula is C19H23N5. The molecule has 1 atom stereocenters. The summed E-state index contributed by atoms with van der Waals surface area (Å²) in [5.41, 5.74) is 6.21. The Balaban J connectivity index is 1.58. The maximum atomic E-state index is 9.87. The van der Waals surface area contributed by atoms with Crippen LogP contribution in [-0.2, 0) is 13.0 Å². The summed E-state index contributed by atoms with van der Waals surface area (Å²) in [5, 5.41) is 16.9. The predicted molar refractivity (Wildman–Crippen MR) is 93.0 cm³/mol. The molecule has 0 unspecified atom stereocenters. The molecule has 1 saturated carbocycles. The van der Waals surface area contributed by atoms with Crippen LogP contribution in [0.15, 0.2) is 11.6 Å². The molecule has 4 aliphatic rings. The molecule has 1 saturated heterocycles. The molecule has 124 valence electrons. The van der Waals surface area contributed by atoms with Crippen molar-refractivity contribution >= 4 is 5.82 Å². The number of aromatic nitrogens is 1. The largest absolute Gasteiger partial charge is 0.352 e. The highest BCUT2D eigenvalue weighted by atomic mass is 15.2. The van der Waals surface area contributed by atoms with E-state index in [1.165, 1.54) is 35.2 Å². The van der Waals surface area contributed by atoms with Gasteiger partial charge in [0.1, 0.15) is 11.9 Å². The van der Waals surface area contributed by atoms with Crippen molar-refractivity contribution < 1.29 is 0 Å². The number of piperazine rings is 1. The molecule has 5 rings (SSSR count). The van der Waals surface area contributed by atoms with E-state index in [0.29, 0.717) is 12.0 Å². The fraction of sp³-hybridized carbons (Fsp3) is 0.579. The first-order valence-electron chi connectivity index (χ1n) is 9.19. The summed E-state index contributed by atoms with van der Waals surface area (Å²) in [7, 11) is 0. The van der Waals surface area contributed by atoms with Crippen molar-refractivity contribution in [1.82, 2.24) is 15.6 Å². The van der Waals surface area contributed by atoms with Gasteiger partial charge in [-0.15, -0.1) is 0 Å². The van der Waals surface area contributed by atoms with Gasteiger partial charge in [0.05, 0.1) is 11.3 Å². The average Bonchev–Trinajstić information content (AvgIpc) is 3.52. The smallest absolute Gasteiger partial charge is 0.147 e. The minimum atomic E-state index is 0.439. The Morgan fingerprint density at radius 1 is 1.25 bits per heavy atom. The van der Waals surface area contributed by atoms with Crippen LogP contribution in [-0.4, -0.2) is 37.2 Å². The molecule has 5 nitrogen and oxygen atoms in total. The summed E-state index contributed by atoms with van der Waals surface area (Å²) >= 11 is 0. The molecular weight excluding hydrogens is 298 g/mol. The molecule has 0 bridgehead atoms. The number of nitrogens with one attached hydrogen (secondary N) is 2. The van der Waals surface area contributed by atoms with Crippen molar-refractivity contribution in [2.75, 3.05) is 31.1 Å². The van der Waals surface area contributed by atoms with Crippen LogP contribution in [0.4, 0.5) is 5.82 Å². The molecule has 2 aliphatic heterocycles. The summed E-state index contributed by atoms with van der Waals surface area (Å²) in [6, 6.07) is 2.94. The second-order valence-electron chi connectivity index (χ2n) is 7.40. The first-order chi connectivity index (χ1) is 11.8. The molecule has 2 fully saturated rings. The molecule has 3 heterocycles. The third kappa shape index (κ3) is 2.42. The second-order valence-corrected chi connectivity index (χ2v) is 7.40. The second kappa shape index (κ2) is 5.58. The third-order valence-corrected chi connectivity index (χ3v) is 5.72. The predicted octanol–water partition coefficient (Wildman–Crippen LogP) is 1.58. The molecule has 0 radical (unpaired) electrons. The van der Waals surface area contributed by atoms with E-state index in [9.17, 15) is 5.26 Å². The number of hydrogen-bond donors (Lipinski definition) is 2. The van der Waals surface area contributed by atoms with Crippen molar-refractivity contribution in [3.63, 3.8) is 0 Å². The zero-order chi connectivity index (χ0) is 16.1. The van der Waals surface area contributed by atoms with Crippen LogP contribution in [0, 0.1) is 11.3 Å². The summed E-state index contributed by atoms with van der Waals surface area (Å²) in [4.78, 5) is 7.43. The molecule has 1 aromatic rings. The van der Waals surface area contributed by atoms with Crippen molar-refractivity contribution in [2.45, 2.75) is 44.2 Å². The van der Waals surface area contributed by atoms with Gasteiger partial charge in [-0.3, -0.25) is 0 Å². The van der Waals surface area contributed by atoms with Crippen LogP contribution in [0.5, 0.6) is 0 Å². The van der Waals surface area contributed by atoms with Gasteiger partial charge in [-0.25, -0.2) is 4.98 Å². The Kier molecular flexibility index (Phi) is 3.36. The van der Waals surface area contributed by atoms with Crippen molar-refractivity contribution in [3.8, 4) is 6.07 Å². The van der Waals surface area contributed by atoms with Gasteiger partial charge in [0.15, 0.2) is 0 Å². The monoisotopic (exact) mass is 321 g/mol. The molecule has 2 N–H and O–H groups in total. The Labute approximate surface area is 142 Å². The number of pyridine rings is 1. The Bertz CT molecular complexity index is 756. The fourth-order valence-corrected chi connectivity index (χ4v) is 4.15. The number of hydrogen-bond acceptors (Lipinski definition) is 5. The van der Waals surface area contributed by atoms with Crippen molar-refractivity contribution in [3.05, 3.63) is 34.0 Å². The first-order valence-corrected chi connectivity index (χ1v) is 9.19. The maximum absolute atomic E-state index is 9.87. The van der Waals surface area contributed by atoms with Gasteiger partial charge in [-0.05, 0) is 43.4 Å². The minimum absolute atomic E-state index is 0.439. The first kappa shape index (κ1) is 14.4. The topological polar surface area (TPSA) is 64.0 Å². The lowest BCUT2D eigenvalue weighted by Crippen LogP contribution is -2.51. The maximum Gasteiger partial charge on any atom is 0.147 e. The van der Waals surface area contributed by atoms with Gasteiger partial charge in [0.2, 0.25) is 0 Å². The third-order valence-electron chi connectivity index (χ3n) is 5.72. The molecule has 2 aliphatic carbocycles. The highest BCUT2D eigenvalue weighted by Gasteiger charge is 2.34. The number of fused-ring (bicyclic) bond motifs is 1. The van der Waals surface area contributed by atoms with Gasteiger partial charge < -0.3 is 15.5 Å². The highest BCUT2D eigenvalue weighted by molar-refractivity contribution is 5.63. The van der Waals surface area contributed by atoms with E-state index in [4.69, 9.17) is 4.98 Å². The van der Waals surface area contributed by atoms with E-state index in [2.05, 4.69) is 27.7 Å². The summed E-state index contributed by atoms with van der Waals surface area (Å²) in [6.45, 7) is 4.68. The van der Waals surface area contributed by atoms with Crippen LogP contribution >= 0.6 is 0 Å². The number of anilines is 1. The lowest BCUT2D eigenvalue weighted by Gasteiger charge is -2.35. The zero-order valence-corrected chi connectivity index (χ0v) is 13.9. The van der Waals surface area contributed by atoms with Crippen LogP contribution in [0.3, 0.4) is 0 Å². The van der Waals surface area contributed by atoms with Gasteiger partial charge in [-0.1, -0.05) is 11.6 Å². The standard InChI is InChI=1S/C19H23N5/c20-9-15-14-5-6-21-10-16(14)18(13-3-4-13)23-19(15)24-8-7-22-17(11-24)12-1-2-12/h1,13,17,21-22H,2-8,10-11H2/t17-/m0/s1. The minimum Gasteiger partial charge on any atom is -0.352 e. The summed E-state index contributed by atoms with van der Waals surface area (Å²) in [5.74, 6) is 1.57. The SMILES string of the molecule is N#Cc1c(N2CCN[C@H](C3=CC3)C2)nc(C2CC2)c2c1CCNC2. The van der Waals surface area contributed by atoms with Crippen LogP contribution in [0.2, 0.25) is 0 Å². The Morgan fingerprint density at radius 2 is 2.12 bits per heavy atom. The summed E-state index contributed by atoms with van der Waals surface area (Å²) < 4.78 is 0. The van der Waals surface area contributed by atoms with Crippen LogP contribution < -0.4 is 15.5 Å². The zero-order valence-electron chi connectivity index (χ0n) is 13.9. The van der Waals surface area contributed by atoms with E-state index in [1.807, 2.05) is 0 Å². The Hall–Kier alpha value is -1.90. The van der Waals surface area contributed by atoms with E-state index < -0.39 is 0 Å². The van der Waals surface area contributed by atoms with Gasteiger partial charge >= 0.3 is 0 Å².